The molecule has 2 nitrogen and oxygen atoms in total. The van der Waals surface area contributed by atoms with Crippen LogP contribution in [0.4, 0.5) is 0 Å². The summed E-state index contributed by atoms with van der Waals surface area (Å²) in [4.78, 5) is 0. The van der Waals surface area contributed by atoms with Crippen molar-refractivity contribution in [2.45, 2.75) is 44.7 Å². The van der Waals surface area contributed by atoms with Crippen molar-refractivity contribution in [2.24, 2.45) is 0 Å². The van der Waals surface area contributed by atoms with Gasteiger partial charge in [-0.05, 0) is 69.3 Å². The molecule has 0 aliphatic heterocycles. The van der Waals surface area contributed by atoms with E-state index in [-0.39, 0.29) is 11.3 Å². The normalized spacial score (nSPS) is 18.5. The van der Waals surface area contributed by atoms with Crippen molar-refractivity contribution >= 4 is 31.9 Å². The average Bonchev–Trinajstić information content (AvgIpc) is 2.71. The highest BCUT2D eigenvalue weighted by molar-refractivity contribution is 9.11. The predicted molar refractivity (Wildman–Crippen MR) is 77.2 cm³/mol. The molecule has 0 unspecified atom stereocenters. The fraction of sp³-hybridized carbons (Fsp3) is 0.538. The standard InChI is InChI=1S/C13H17Br2NO/c1-13(4-2-3-5-13)16-8-9-6-10(14)12(17)11(15)7-9/h6-7,16-17H,2-5,8H2,1H3. The molecular weight excluding hydrogens is 346 g/mol. The summed E-state index contributed by atoms with van der Waals surface area (Å²) >= 11 is 6.71. The molecule has 94 valence electrons. The molecule has 0 heterocycles. The molecule has 1 aliphatic carbocycles. The first-order chi connectivity index (χ1) is 8.00. The minimum absolute atomic E-state index is 0.265. The van der Waals surface area contributed by atoms with Gasteiger partial charge in [-0.3, -0.25) is 0 Å². The van der Waals surface area contributed by atoms with Gasteiger partial charge in [-0.15, -0.1) is 0 Å². The van der Waals surface area contributed by atoms with Crippen molar-refractivity contribution in [1.82, 2.24) is 5.32 Å². The molecule has 0 spiro atoms. The first kappa shape index (κ1) is 13.4. The number of benzene rings is 1. The van der Waals surface area contributed by atoms with E-state index in [1.165, 1.54) is 31.2 Å². The topological polar surface area (TPSA) is 32.3 Å². The second-order valence-corrected chi connectivity index (χ2v) is 6.74. The van der Waals surface area contributed by atoms with Crippen LogP contribution in [0.1, 0.15) is 38.2 Å². The third kappa shape index (κ3) is 3.24. The van der Waals surface area contributed by atoms with Gasteiger partial charge in [-0.25, -0.2) is 0 Å². The van der Waals surface area contributed by atoms with Crippen LogP contribution >= 0.6 is 31.9 Å². The summed E-state index contributed by atoms with van der Waals surface area (Å²) in [6.07, 6.45) is 5.17. The van der Waals surface area contributed by atoms with Crippen LogP contribution in [0.25, 0.3) is 0 Å². The molecule has 2 N–H and O–H groups in total. The Hall–Kier alpha value is -0.0600. The zero-order chi connectivity index (χ0) is 12.5. The van der Waals surface area contributed by atoms with Gasteiger partial charge >= 0.3 is 0 Å². The lowest BCUT2D eigenvalue weighted by Crippen LogP contribution is -2.38. The molecule has 1 aromatic rings. The van der Waals surface area contributed by atoms with Crippen LogP contribution < -0.4 is 5.32 Å². The highest BCUT2D eigenvalue weighted by atomic mass is 79.9. The van der Waals surface area contributed by atoms with Crippen molar-refractivity contribution < 1.29 is 5.11 Å². The third-order valence-electron chi connectivity index (χ3n) is 3.50. The summed E-state index contributed by atoms with van der Waals surface area (Å²) in [6, 6.07) is 3.93. The minimum atomic E-state index is 0.265. The van der Waals surface area contributed by atoms with Crippen molar-refractivity contribution in [1.29, 1.82) is 0 Å². The Labute approximate surface area is 119 Å². The highest BCUT2D eigenvalue weighted by Gasteiger charge is 2.27. The Morgan fingerprint density at radius 1 is 1.24 bits per heavy atom. The molecule has 0 amide bonds. The summed E-state index contributed by atoms with van der Waals surface area (Å²) < 4.78 is 1.47. The van der Waals surface area contributed by atoms with E-state index < -0.39 is 0 Å². The highest BCUT2D eigenvalue weighted by Crippen LogP contribution is 2.34. The smallest absolute Gasteiger partial charge is 0.143 e. The van der Waals surface area contributed by atoms with Crippen LogP contribution in [0.2, 0.25) is 0 Å². The van der Waals surface area contributed by atoms with Crippen LogP contribution in [0.3, 0.4) is 0 Å². The van der Waals surface area contributed by atoms with E-state index in [2.05, 4.69) is 44.1 Å². The van der Waals surface area contributed by atoms with Gasteiger partial charge < -0.3 is 10.4 Å². The van der Waals surface area contributed by atoms with Crippen LogP contribution in [0.5, 0.6) is 5.75 Å². The van der Waals surface area contributed by atoms with E-state index in [4.69, 9.17) is 0 Å². The number of rotatable bonds is 3. The van der Waals surface area contributed by atoms with Crippen LogP contribution in [-0.4, -0.2) is 10.6 Å². The molecule has 2 rings (SSSR count). The van der Waals surface area contributed by atoms with Crippen molar-refractivity contribution in [3.63, 3.8) is 0 Å². The first-order valence-electron chi connectivity index (χ1n) is 5.92. The van der Waals surface area contributed by atoms with Crippen molar-refractivity contribution in [3.8, 4) is 5.75 Å². The monoisotopic (exact) mass is 361 g/mol. The van der Waals surface area contributed by atoms with Crippen LogP contribution in [0.15, 0.2) is 21.1 Å². The summed E-state index contributed by atoms with van der Waals surface area (Å²) in [7, 11) is 0. The maximum absolute atomic E-state index is 9.65. The Balaban J connectivity index is 2.04. The molecule has 0 radical (unpaired) electrons. The van der Waals surface area contributed by atoms with E-state index in [1.54, 1.807) is 0 Å². The molecular formula is C13H17Br2NO. The second kappa shape index (κ2) is 5.29. The maximum atomic E-state index is 9.65. The van der Waals surface area contributed by atoms with Crippen molar-refractivity contribution in [3.05, 3.63) is 26.6 Å². The van der Waals surface area contributed by atoms with Gasteiger partial charge in [0.15, 0.2) is 0 Å². The molecule has 0 saturated heterocycles. The second-order valence-electron chi connectivity index (χ2n) is 5.03. The van der Waals surface area contributed by atoms with E-state index in [1.807, 2.05) is 12.1 Å². The number of hydrogen-bond acceptors (Lipinski definition) is 2. The van der Waals surface area contributed by atoms with Gasteiger partial charge in [0, 0.05) is 12.1 Å². The first-order valence-corrected chi connectivity index (χ1v) is 7.51. The van der Waals surface area contributed by atoms with E-state index in [0.717, 1.165) is 15.5 Å². The van der Waals surface area contributed by atoms with E-state index >= 15 is 0 Å². The van der Waals surface area contributed by atoms with Gasteiger partial charge in [0.1, 0.15) is 5.75 Å². The Morgan fingerprint density at radius 2 is 1.76 bits per heavy atom. The van der Waals surface area contributed by atoms with E-state index in [9.17, 15) is 5.11 Å². The maximum Gasteiger partial charge on any atom is 0.143 e. The molecule has 1 saturated carbocycles. The zero-order valence-corrected chi connectivity index (χ0v) is 13.1. The zero-order valence-electron chi connectivity index (χ0n) is 9.89. The number of halogens is 2. The van der Waals surface area contributed by atoms with Gasteiger partial charge in [-0.1, -0.05) is 12.8 Å². The van der Waals surface area contributed by atoms with Gasteiger partial charge in [-0.2, -0.15) is 0 Å². The lowest BCUT2D eigenvalue weighted by Gasteiger charge is -2.25. The minimum Gasteiger partial charge on any atom is -0.506 e. The Bertz CT molecular complexity index is 391. The van der Waals surface area contributed by atoms with Crippen LogP contribution in [0, 0.1) is 0 Å². The molecule has 1 aromatic carbocycles. The number of nitrogens with one attached hydrogen (secondary N) is 1. The molecule has 1 aliphatic rings. The van der Waals surface area contributed by atoms with Crippen molar-refractivity contribution in [2.75, 3.05) is 0 Å². The molecule has 4 heteroatoms. The van der Waals surface area contributed by atoms with Gasteiger partial charge in [0.05, 0.1) is 8.95 Å². The molecule has 17 heavy (non-hydrogen) atoms. The fourth-order valence-corrected chi connectivity index (χ4v) is 3.65. The molecule has 0 atom stereocenters. The van der Waals surface area contributed by atoms with E-state index in [0.29, 0.717) is 0 Å². The Kier molecular flexibility index (Phi) is 4.16. The Morgan fingerprint density at radius 3 is 2.29 bits per heavy atom. The molecule has 0 bridgehead atoms. The van der Waals surface area contributed by atoms with Gasteiger partial charge in [0.2, 0.25) is 0 Å². The lowest BCUT2D eigenvalue weighted by atomic mass is 10.0. The number of aromatic hydroxyl groups is 1. The summed E-state index contributed by atoms with van der Waals surface area (Å²) in [5, 5.41) is 13.3. The summed E-state index contributed by atoms with van der Waals surface area (Å²) in [5.74, 6) is 0.265. The fourth-order valence-electron chi connectivity index (χ4n) is 2.37. The third-order valence-corrected chi connectivity index (χ3v) is 4.71. The molecule has 0 aromatic heterocycles. The predicted octanol–water partition coefficient (Wildman–Crippen LogP) is 4.34. The SMILES string of the molecule is CC1(NCc2cc(Br)c(O)c(Br)c2)CCCC1. The number of hydrogen-bond donors (Lipinski definition) is 2. The largest absolute Gasteiger partial charge is 0.506 e. The number of phenolic OH excluding ortho intramolecular Hbond substituents is 1. The number of phenols is 1. The van der Waals surface area contributed by atoms with Crippen LogP contribution in [-0.2, 0) is 6.54 Å². The summed E-state index contributed by atoms with van der Waals surface area (Å²) in [6.45, 7) is 3.14. The summed E-state index contributed by atoms with van der Waals surface area (Å²) in [5.41, 5.74) is 1.46. The lowest BCUT2D eigenvalue weighted by molar-refractivity contribution is 0.362. The quantitative estimate of drug-likeness (QED) is 0.838. The molecule has 1 fully saturated rings. The average molecular weight is 363 g/mol. The van der Waals surface area contributed by atoms with Gasteiger partial charge in [0.25, 0.3) is 0 Å².